The molecule has 148 valence electrons. The third-order valence-electron chi connectivity index (χ3n) is 5.24. The fourth-order valence-corrected chi connectivity index (χ4v) is 3.61. The maximum Gasteiger partial charge on any atom is 0.213 e. The van der Waals surface area contributed by atoms with Crippen LogP contribution in [-0.4, -0.2) is 42.5 Å². The lowest BCUT2D eigenvalue weighted by molar-refractivity contribution is 0.103. The summed E-state index contributed by atoms with van der Waals surface area (Å²) in [6, 6.07) is 17.5. The molecule has 2 aromatic heterocycles. The van der Waals surface area contributed by atoms with E-state index in [2.05, 4.69) is 32.3 Å². The Balaban J connectivity index is 1.54. The Morgan fingerprint density at radius 2 is 1.97 bits per heavy atom. The van der Waals surface area contributed by atoms with Crippen molar-refractivity contribution in [2.45, 2.75) is 13.0 Å². The zero-order chi connectivity index (χ0) is 20.2. The molecule has 29 heavy (non-hydrogen) atoms. The number of aryl methyl sites for hydroxylation is 1. The summed E-state index contributed by atoms with van der Waals surface area (Å²) in [4.78, 5) is 24.0. The number of carbonyl (C=O) groups is 1. The molecule has 1 aliphatic heterocycles. The van der Waals surface area contributed by atoms with Gasteiger partial charge in [0.2, 0.25) is 5.78 Å². The second-order valence-electron chi connectivity index (χ2n) is 7.07. The van der Waals surface area contributed by atoms with Crippen LogP contribution in [0, 0.1) is 6.92 Å². The van der Waals surface area contributed by atoms with Crippen molar-refractivity contribution in [2.75, 3.05) is 31.6 Å². The minimum atomic E-state index is -0.0979. The molecule has 1 unspecified atom stereocenters. The van der Waals surface area contributed by atoms with E-state index in [-0.39, 0.29) is 11.8 Å². The number of benzene rings is 1. The zero-order valence-electron chi connectivity index (χ0n) is 16.6. The second-order valence-corrected chi connectivity index (χ2v) is 7.07. The molecule has 6 heteroatoms. The largest absolute Gasteiger partial charge is 0.497 e. The van der Waals surface area contributed by atoms with Gasteiger partial charge >= 0.3 is 0 Å². The molecule has 1 atom stereocenters. The Kier molecular flexibility index (Phi) is 5.53. The highest BCUT2D eigenvalue weighted by molar-refractivity contribution is 6.08. The maximum atomic E-state index is 12.9. The highest BCUT2D eigenvalue weighted by atomic mass is 16.5. The van der Waals surface area contributed by atoms with Crippen LogP contribution in [0.4, 0.5) is 5.82 Å². The van der Waals surface area contributed by atoms with Crippen molar-refractivity contribution in [1.82, 2.24) is 15.3 Å². The number of ketones is 1. The quantitative estimate of drug-likeness (QED) is 0.677. The topological polar surface area (TPSA) is 67.3 Å². The highest BCUT2D eigenvalue weighted by Gasteiger charge is 2.23. The first-order chi connectivity index (χ1) is 14.2. The molecule has 3 heterocycles. The lowest BCUT2D eigenvalue weighted by Crippen LogP contribution is -2.46. The number of ether oxygens (including phenoxy) is 1. The first-order valence-electron chi connectivity index (χ1n) is 9.71. The number of anilines is 1. The van der Waals surface area contributed by atoms with Gasteiger partial charge in [-0.15, -0.1) is 0 Å². The Hall–Kier alpha value is -3.25. The monoisotopic (exact) mass is 388 g/mol. The van der Waals surface area contributed by atoms with Gasteiger partial charge in [-0.25, -0.2) is 4.98 Å². The molecule has 1 fully saturated rings. The number of piperazine rings is 1. The summed E-state index contributed by atoms with van der Waals surface area (Å²) in [5.74, 6) is 1.57. The summed E-state index contributed by atoms with van der Waals surface area (Å²) in [7, 11) is 1.67. The molecule has 1 aliphatic rings. The fraction of sp³-hybridized carbons (Fsp3) is 0.261. The van der Waals surface area contributed by atoms with E-state index in [0.717, 1.165) is 31.2 Å². The number of aromatic nitrogens is 2. The van der Waals surface area contributed by atoms with Crippen molar-refractivity contribution in [3.63, 3.8) is 0 Å². The summed E-state index contributed by atoms with van der Waals surface area (Å²) in [6.07, 6.45) is 1.69. The van der Waals surface area contributed by atoms with Gasteiger partial charge in [0.15, 0.2) is 0 Å². The number of pyridine rings is 2. The SMILES string of the molecule is COc1ccc(C2CN(c3cccc(C(=O)c4cccnc4C)n3)CCN2)cc1. The molecule has 1 saturated heterocycles. The number of carbonyl (C=O) groups excluding carboxylic acids is 1. The number of nitrogens with zero attached hydrogens (tertiary/aromatic N) is 3. The normalized spacial score (nSPS) is 16.5. The molecule has 1 aromatic carbocycles. The number of rotatable bonds is 5. The predicted octanol–water partition coefficient (Wildman–Crippen LogP) is 3.18. The predicted molar refractivity (Wildman–Crippen MR) is 113 cm³/mol. The molecule has 1 N–H and O–H groups in total. The van der Waals surface area contributed by atoms with Crippen LogP contribution in [0.5, 0.6) is 5.75 Å². The fourth-order valence-electron chi connectivity index (χ4n) is 3.61. The number of methoxy groups -OCH3 is 1. The number of nitrogens with one attached hydrogen (secondary N) is 1. The van der Waals surface area contributed by atoms with Gasteiger partial charge in [0.05, 0.1) is 7.11 Å². The van der Waals surface area contributed by atoms with Crippen molar-refractivity contribution < 1.29 is 9.53 Å². The maximum absolute atomic E-state index is 12.9. The van der Waals surface area contributed by atoms with E-state index in [1.54, 1.807) is 31.5 Å². The third-order valence-corrected chi connectivity index (χ3v) is 5.24. The number of hydrogen-bond donors (Lipinski definition) is 1. The van der Waals surface area contributed by atoms with Gasteiger partial charge < -0.3 is 15.0 Å². The van der Waals surface area contributed by atoms with E-state index in [4.69, 9.17) is 4.74 Å². The molecule has 0 aliphatic carbocycles. The van der Waals surface area contributed by atoms with Crippen LogP contribution in [0.1, 0.15) is 33.4 Å². The minimum absolute atomic E-state index is 0.0979. The summed E-state index contributed by atoms with van der Waals surface area (Å²) in [6.45, 7) is 4.30. The smallest absolute Gasteiger partial charge is 0.213 e. The van der Waals surface area contributed by atoms with Gasteiger partial charge in [-0.05, 0) is 48.9 Å². The summed E-state index contributed by atoms with van der Waals surface area (Å²) in [5.41, 5.74) is 2.95. The molecule has 0 saturated carbocycles. The van der Waals surface area contributed by atoms with E-state index in [1.165, 1.54) is 5.56 Å². The van der Waals surface area contributed by atoms with Crippen LogP contribution < -0.4 is 15.0 Å². The van der Waals surface area contributed by atoms with Crippen LogP contribution in [0.15, 0.2) is 60.8 Å². The molecule has 0 bridgehead atoms. The van der Waals surface area contributed by atoms with Crippen LogP contribution in [0.2, 0.25) is 0 Å². The molecule has 0 amide bonds. The lowest BCUT2D eigenvalue weighted by atomic mass is 10.0. The summed E-state index contributed by atoms with van der Waals surface area (Å²) >= 11 is 0. The van der Waals surface area contributed by atoms with Crippen molar-refractivity contribution in [3.8, 4) is 5.75 Å². The van der Waals surface area contributed by atoms with Crippen molar-refractivity contribution in [1.29, 1.82) is 0 Å². The van der Waals surface area contributed by atoms with Gasteiger partial charge in [0.25, 0.3) is 0 Å². The zero-order valence-corrected chi connectivity index (χ0v) is 16.6. The average molecular weight is 388 g/mol. The minimum Gasteiger partial charge on any atom is -0.497 e. The molecule has 3 aromatic rings. The molecule has 0 radical (unpaired) electrons. The molecule has 0 spiro atoms. The standard InChI is InChI=1S/C23H24N4O2/c1-16-19(5-4-12-24-16)23(28)20-6-3-7-22(26-20)27-14-13-25-21(15-27)17-8-10-18(29-2)11-9-17/h3-12,21,25H,13-15H2,1-2H3. The Labute approximate surface area is 170 Å². The highest BCUT2D eigenvalue weighted by Crippen LogP contribution is 2.24. The average Bonchev–Trinajstić information content (AvgIpc) is 2.79. The second kappa shape index (κ2) is 8.41. The molecular formula is C23H24N4O2. The van der Waals surface area contributed by atoms with Gasteiger partial charge in [-0.1, -0.05) is 18.2 Å². The van der Waals surface area contributed by atoms with Gasteiger partial charge in [0.1, 0.15) is 17.3 Å². The van der Waals surface area contributed by atoms with Crippen molar-refractivity contribution >= 4 is 11.6 Å². The van der Waals surface area contributed by atoms with Gasteiger partial charge in [-0.2, -0.15) is 0 Å². The van der Waals surface area contributed by atoms with Crippen LogP contribution in [-0.2, 0) is 0 Å². The van der Waals surface area contributed by atoms with Crippen LogP contribution >= 0.6 is 0 Å². The Bertz CT molecular complexity index is 1000. The van der Waals surface area contributed by atoms with E-state index in [1.807, 2.05) is 31.2 Å². The van der Waals surface area contributed by atoms with E-state index in [0.29, 0.717) is 17.0 Å². The third kappa shape index (κ3) is 4.12. The van der Waals surface area contributed by atoms with Crippen LogP contribution in [0.3, 0.4) is 0 Å². The molecular weight excluding hydrogens is 364 g/mol. The first kappa shape index (κ1) is 19.1. The molecule has 6 nitrogen and oxygen atoms in total. The summed E-state index contributed by atoms with van der Waals surface area (Å²) in [5, 5.41) is 3.56. The first-order valence-corrected chi connectivity index (χ1v) is 9.71. The van der Waals surface area contributed by atoms with E-state index >= 15 is 0 Å². The van der Waals surface area contributed by atoms with Crippen molar-refractivity contribution in [3.05, 3.63) is 83.3 Å². The lowest BCUT2D eigenvalue weighted by Gasteiger charge is -2.35. The summed E-state index contributed by atoms with van der Waals surface area (Å²) < 4.78 is 5.25. The van der Waals surface area contributed by atoms with Crippen LogP contribution in [0.25, 0.3) is 0 Å². The Morgan fingerprint density at radius 1 is 1.14 bits per heavy atom. The van der Waals surface area contributed by atoms with Crippen molar-refractivity contribution in [2.24, 2.45) is 0 Å². The van der Waals surface area contributed by atoms with Gasteiger partial charge in [-0.3, -0.25) is 9.78 Å². The number of hydrogen-bond acceptors (Lipinski definition) is 6. The van der Waals surface area contributed by atoms with E-state index in [9.17, 15) is 4.79 Å². The molecule has 4 rings (SSSR count). The van der Waals surface area contributed by atoms with E-state index < -0.39 is 0 Å². The Morgan fingerprint density at radius 3 is 2.72 bits per heavy atom. The van der Waals surface area contributed by atoms with Gasteiger partial charge in [0, 0.05) is 43.1 Å².